The quantitative estimate of drug-likeness (QED) is 0.649. The molecule has 0 fully saturated rings. The number of nitrogens with zero attached hydrogens (tertiary/aromatic N) is 3. The first-order valence-corrected chi connectivity index (χ1v) is 7.68. The fraction of sp³-hybridized carbons (Fsp3) is 0.231. The molecule has 0 bridgehead atoms. The van der Waals surface area contributed by atoms with Crippen molar-refractivity contribution in [3.8, 4) is 11.4 Å². The molecule has 22 heavy (non-hydrogen) atoms. The Morgan fingerprint density at radius 1 is 1.27 bits per heavy atom. The molecule has 1 aromatic heterocycles. The molecule has 2 aromatic rings. The van der Waals surface area contributed by atoms with Gasteiger partial charge in [0.15, 0.2) is 11.0 Å². The second-order valence-corrected chi connectivity index (χ2v) is 5.71. The fourth-order valence-electron chi connectivity index (χ4n) is 1.64. The number of amides is 2. The van der Waals surface area contributed by atoms with E-state index in [1.165, 1.54) is 18.7 Å². The molecule has 0 unspecified atom stereocenters. The summed E-state index contributed by atoms with van der Waals surface area (Å²) in [6.07, 6.45) is 0. The highest BCUT2D eigenvalue weighted by atomic mass is 35.5. The Kier molecular flexibility index (Phi) is 5.40. The summed E-state index contributed by atoms with van der Waals surface area (Å²) in [5.41, 5.74) is 5.28. The number of rotatable bonds is 4. The van der Waals surface area contributed by atoms with E-state index in [0.717, 1.165) is 5.56 Å². The molecule has 2 amide bonds. The first-order valence-electron chi connectivity index (χ1n) is 6.31. The summed E-state index contributed by atoms with van der Waals surface area (Å²) in [5.74, 6) is 0.0604. The molecular weight excluding hydrogens is 326 g/mol. The van der Waals surface area contributed by atoms with Gasteiger partial charge in [0.1, 0.15) is 0 Å². The zero-order valence-electron chi connectivity index (χ0n) is 12.0. The van der Waals surface area contributed by atoms with Gasteiger partial charge in [-0.05, 0) is 12.1 Å². The number of benzene rings is 1. The molecule has 7 nitrogen and oxygen atoms in total. The highest BCUT2D eigenvalue weighted by molar-refractivity contribution is 7.99. The smallest absolute Gasteiger partial charge is 0.248 e. The zero-order valence-corrected chi connectivity index (χ0v) is 13.5. The van der Waals surface area contributed by atoms with Gasteiger partial charge >= 0.3 is 0 Å². The Hall–Kier alpha value is -2.06. The van der Waals surface area contributed by atoms with E-state index in [0.29, 0.717) is 16.0 Å². The van der Waals surface area contributed by atoms with Crippen LogP contribution < -0.4 is 10.9 Å². The Morgan fingerprint density at radius 2 is 2.00 bits per heavy atom. The van der Waals surface area contributed by atoms with Crippen molar-refractivity contribution in [3.05, 3.63) is 29.3 Å². The second kappa shape index (κ2) is 7.28. The van der Waals surface area contributed by atoms with E-state index in [2.05, 4.69) is 21.0 Å². The topological polar surface area (TPSA) is 88.9 Å². The van der Waals surface area contributed by atoms with E-state index in [1.54, 1.807) is 17.7 Å². The van der Waals surface area contributed by atoms with E-state index in [9.17, 15) is 9.59 Å². The lowest BCUT2D eigenvalue weighted by atomic mass is 10.2. The minimum absolute atomic E-state index is 0.106. The average Bonchev–Trinajstić information content (AvgIpc) is 2.84. The molecule has 0 aliphatic carbocycles. The lowest BCUT2D eigenvalue weighted by molar-refractivity contribution is -0.126. The maximum Gasteiger partial charge on any atom is 0.248 e. The average molecular weight is 340 g/mol. The van der Waals surface area contributed by atoms with Crippen LogP contribution in [0.2, 0.25) is 5.02 Å². The molecule has 0 aliphatic heterocycles. The van der Waals surface area contributed by atoms with Gasteiger partial charge in [-0.1, -0.05) is 35.5 Å². The summed E-state index contributed by atoms with van der Waals surface area (Å²) in [7, 11) is 1.80. The highest BCUT2D eigenvalue weighted by Gasteiger charge is 2.14. The second-order valence-electron chi connectivity index (χ2n) is 4.36. The predicted octanol–water partition coefficient (Wildman–Crippen LogP) is 1.39. The molecule has 0 spiro atoms. The Balaban J connectivity index is 2.04. The minimum Gasteiger partial charge on any atom is -0.305 e. The summed E-state index contributed by atoms with van der Waals surface area (Å²) < 4.78 is 1.76. The molecule has 0 radical (unpaired) electrons. The molecule has 2 rings (SSSR count). The predicted molar refractivity (Wildman–Crippen MR) is 84.1 cm³/mol. The first kappa shape index (κ1) is 16.3. The first-order chi connectivity index (χ1) is 10.5. The molecule has 0 saturated heterocycles. The molecule has 116 valence electrons. The highest BCUT2D eigenvalue weighted by Crippen LogP contribution is 2.28. The largest absolute Gasteiger partial charge is 0.305 e. The molecule has 0 atom stereocenters. The van der Waals surface area contributed by atoms with Crippen molar-refractivity contribution in [2.45, 2.75) is 12.1 Å². The van der Waals surface area contributed by atoms with Gasteiger partial charge in [-0.25, -0.2) is 0 Å². The number of hydrazine groups is 1. The van der Waals surface area contributed by atoms with Gasteiger partial charge in [0.25, 0.3) is 0 Å². The van der Waals surface area contributed by atoms with Crippen LogP contribution in [0.3, 0.4) is 0 Å². The number of carbonyl (C=O) groups excluding carboxylic acids is 2. The van der Waals surface area contributed by atoms with Crippen LogP contribution in [0, 0.1) is 0 Å². The summed E-state index contributed by atoms with van der Waals surface area (Å²) in [4.78, 5) is 22.2. The van der Waals surface area contributed by atoms with Crippen LogP contribution >= 0.6 is 23.4 Å². The zero-order chi connectivity index (χ0) is 16.1. The van der Waals surface area contributed by atoms with Crippen LogP contribution in [0.4, 0.5) is 0 Å². The Bertz CT molecular complexity index is 703. The molecule has 9 heteroatoms. The van der Waals surface area contributed by atoms with Gasteiger partial charge < -0.3 is 4.57 Å². The van der Waals surface area contributed by atoms with Crippen molar-refractivity contribution in [2.75, 3.05) is 5.75 Å². The van der Waals surface area contributed by atoms with E-state index in [4.69, 9.17) is 11.6 Å². The number of aromatic nitrogens is 3. The summed E-state index contributed by atoms with van der Waals surface area (Å²) in [5, 5.41) is 9.31. The van der Waals surface area contributed by atoms with E-state index >= 15 is 0 Å². The van der Waals surface area contributed by atoms with Crippen LogP contribution in [0.5, 0.6) is 0 Å². The molecule has 0 saturated carbocycles. The van der Waals surface area contributed by atoms with Crippen molar-refractivity contribution < 1.29 is 9.59 Å². The third-order valence-electron chi connectivity index (χ3n) is 2.66. The van der Waals surface area contributed by atoms with Crippen LogP contribution in [0.1, 0.15) is 6.92 Å². The number of nitrogens with one attached hydrogen (secondary N) is 2. The molecule has 1 aromatic carbocycles. The van der Waals surface area contributed by atoms with Gasteiger partial charge in [-0.3, -0.25) is 20.4 Å². The van der Waals surface area contributed by atoms with Crippen molar-refractivity contribution in [3.63, 3.8) is 0 Å². The lowest BCUT2D eigenvalue weighted by Gasteiger charge is -2.06. The van der Waals surface area contributed by atoms with Gasteiger partial charge in [-0.15, -0.1) is 10.2 Å². The van der Waals surface area contributed by atoms with Gasteiger partial charge in [-0.2, -0.15) is 0 Å². The standard InChI is InChI=1S/C13H14ClN5O2S/c1-8(20)15-16-11(21)7-22-13-18-17-12(19(13)2)9-5-3-4-6-10(9)14/h3-6H,7H2,1-2H3,(H,15,20)(H,16,21). The fourth-order valence-corrected chi connectivity index (χ4v) is 2.57. The van der Waals surface area contributed by atoms with Crippen molar-refractivity contribution in [1.82, 2.24) is 25.6 Å². The normalized spacial score (nSPS) is 10.3. The van der Waals surface area contributed by atoms with Gasteiger partial charge in [0, 0.05) is 19.5 Å². The lowest BCUT2D eigenvalue weighted by Crippen LogP contribution is -2.41. The summed E-state index contributed by atoms with van der Waals surface area (Å²) in [6.45, 7) is 1.31. The van der Waals surface area contributed by atoms with E-state index in [-0.39, 0.29) is 17.6 Å². The van der Waals surface area contributed by atoms with E-state index in [1.807, 2.05) is 18.2 Å². The number of carbonyl (C=O) groups is 2. The third kappa shape index (κ3) is 3.99. The maximum absolute atomic E-state index is 11.5. The summed E-state index contributed by atoms with van der Waals surface area (Å²) in [6, 6.07) is 7.33. The monoisotopic (exact) mass is 339 g/mol. The minimum atomic E-state index is -0.335. The SMILES string of the molecule is CC(=O)NNC(=O)CSc1nnc(-c2ccccc2Cl)n1C. The molecule has 0 aliphatic rings. The molecular formula is C13H14ClN5O2S. The van der Waals surface area contributed by atoms with Gasteiger partial charge in [0.05, 0.1) is 10.8 Å². The van der Waals surface area contributed by atoms with Gasteiger partial charge in [0.2, 0.25) is 11.8 Å². The summed E-state index contributed by atoms with van der Waals surface area (Å²) >= 11 is 7.36. The van der Waals surface area contributed by atoms with Crippen LogP contribution in [-0.2, 0) is 16.6 Å². The maximum atomic E-state index is 11.5. The number of thioether (sulfide) groups is 1. The van der Waals surface area contributed by atoms with Crippen molar-refractivity contribution in [1.29, 1.82) is 0 Å². The molecule has 1 heterocycles. The third-order valence-corrected chi connectivity index (χ3v) is 4.01. The van der Waals surface area contributed by atoms with E-state index < -0.39 is 0 Å². The van der Waals surface area contributed by atoms with Crippen molar-refractivity contribution in [2.24, 2.45) is 7.05 Å². The van der Waals surface area contributed by atoms with Crippen LogP contribution in [-0.4, -0.2) is 32.3 Å². The van der Waals surface area contributed by atoms with Crippen molar-refractivity contribution >= 4 is 35.2 Å². The van der Waals surface area contributed by atoms with Crippen LogP contribution in [0.25, 0.3) is 11.4 Å². The Morgan fingerprint density at radius 3 is 2.68 bits per heavy atom. The van der Waals surface area contributed by atoms with Crippen LogP contribution in [0.15, 0.2) is 29.4 Å². The Labute approximate surface area is 136 Å². The number of hydrogen-bond acceptors (Lipinski definition) is 5. The number of halogens is 1. The molecule has 2 N–H and O–H groups in total. The number of hydrogen-bond donors (Lipinski definition) is 2.